The van der Waals surface area contributed by atoms with Gasteiger partial charge in [-0.1, -0.05) is 12.1 Å². The Labute approximate surface area is 107 Å². The molecule has 1 atom stereocenters. The fourth-order valence-electron chi connectivity index (χ4n) is 2.52. The van der Waals surface area contributed by atoms with Crippen LogP contribution in [0, 0.1) is 0 Å². The molecule has 0 saturated heterocycles. The highest BCUT2D eigenvalue weighted by Crippen LogP contribution is 2.26. The molecule has 0 radical (unpaired) electrons. The van der Waals surface area contributed by atoms with Crippen LogP contribution in [-0.4, -0.2) is 26.1 Å². The zero-order valence-electron chi connectivity index (χ0n) is 10.5. The zero-order valence-corrected chi connectivity index (χ0v) is 10.5. The molecule has 94 valence electrons. The Hall–Kier alpha value is -1.81. The summed E-state index contributed by atoms with van der Waals surface area (Å²) in [5.74, 6) is 1.45. The molecule has 0 amide bonds. The van der Waals surface area contributed by atoms with Crippen LogP contribution in [0.2, 0.25) is 0 Å². The first kappa shape index (κ1) is 11.3. The van der Waals surface area contributed by atoms with Crippen molar-refractivity contribution in [2.24, 2.45) is 0 Å². The number of hydrogen-bond acceptors (Lipinski definition) is 3. The smallest absolute Gasteiger partial charge is 0.122 e. The van der Waals surface area contributed by atoms with Crippen LogP contribution in [0.25, 0.3) is 0 Å². The van der Waals surface area contributed by atoms with Gasteiger partial charge in [-0.3, -0.25) is 4.90 Å². The van der Waals surface area contributed by atoms with Crippen molar-refractivity contribution < 1.29 is 5.11 Å². The Bertz CT molecular complexity index is 549. The minimum absolute atomic E-state index is 0.294. The van der Waals surface area contributed by atoms with Gasteiger partial charge < -0.3 is 9.67 Å². The first-order valence-corrected chi connectivity index (χ1v) is 6.27. The highest BCUT2D eigenvalue weighted by Gasteiger charge is 2.22. The first-order valence-electron chi connectivity index (χ1n) is 6.27. The molecule has 0 spiro atoms. The highest BCUT2D eigenvalue weighted by molar-refractivity contribution is 5.29. The molecule has 1 aliphatic heterocycles. The number of hydrogen-bond donors (Lipinski definition) is 1. The third kappa shape index (κ3) is 1.99. The fraction of sp³-hybridized carbons (Fsp3) is 0.357. The lowest BCUT2D eigenvalue weighted by atomic mass is 10.1. The van der Waals surface area contributed by atoms with Crippen molar-refractivity contribution >= 4 is 0 Å². The van der Waals surface area contributed by atoms with E-state index in [1.807, 2.05) is 24.5 Å². The molecule has 0 aliphatic carbocycles. The third-order valence-electron chi connectivity index (χ3n) is 3.67. The highest BCUT2D eigenvalue weighted by atomic mass is 16.3. The van der Waals surface area contributed by atoms with Gasteiger partial charge in [-0.15, -0.1) is 0 Å². The van der Waals surface area contributed by atoms with Crippen LogP contribution < -0.4 is 0 Å². The minimum atomic E-state index is 0.294. The van der Waals surface area contributed by atoms with Crippen molar-refractivity contribution in [1.82, 2.24) is 14.5 Å². The lowest BCUT2D eigenvalue weighted by Gasteiger charge is -2.33. The predicted molar refractivity (Wildman–Crippen MR) is 69.2 cm³/mol. The Morgan fingerprint density at radius 1 is 1.33 bits per heavy atom. The molecule has 0 saturated carbocycles. The summed E-state index contributed by atoms with van der Waals surface area (Å²) in [5, 5.41) is 9.55. The third-order valence-corrected chi connectivity index (χ3v) is 3.67. The summed E-state index contributed by atoms with van der Waals surface area (Å²) in [6.45, 7) is 5.04. The molecule has 1 unspecified atom stereocenters. The molecule has 1 aliphatic rings. The van der Waals surface area contributed by atoms with Gasteiger partial charge in [0, 0.05) is 31.5 Å². The molecule has 1 N–H and O–H groups in total. The lowest BCUT2D eigenvalue weighted by molar-refractivity contribution is 0.163. The summed E-state index contributed by atoms with van der Waals surface area (Å²) in [5.41, 5.74) is 1.15. The monoisotopic (exact) mass is 243 g/mol. The summed E-state index contributed by atoms with van der Waals surface area (Å²) in [4.78, 5) is 6.76. The van der Waals surface area contributed by atoms with Crippen molar-refractivity contribution in [3.05, 3.63) is 48.0 Å². The van der Waals surface area contributed by atoms with Crippen LogP contribution in [0.4, 0.5) is 0 Å². The number of aromatic hydroxyl groups is 1. The van der Waals surface area contributed by atoms with Crippen LogP contribution in [-0.2, 0) is 13.1 Å². The summed E-state index contributed by atoms with van der Waals surface area (Å²) in [7, 11) is 0. The topological polar surface area (TPSA) is 41.3 Å². The second kappa shape index (κ2) is 4.46. The number of aromatic nitrogens is 2. The standard InChI is InChI=1S/C14H17N3O/c1-11(12-3-2-4-13(18)9-12)17-8-7-16-6-5-15-14(16)10-17/h2-6,9,11,18H,7-8,10H2,1H3. The Morgan fingerprint density at radius 2 is 2.22 bits per heavy atom. The number of nitrogens with zero attached hydrogens (tertiary/aromatic N) is 3. The van der Waals surface area contributed by atoms with E-state index in [-0.39, 0.29) is 0 Å². The van der Waals surface area contributed by atoms with Gasteiger partial charge in [0.15, 0.2) is 0 Å². The number of fused-ring (bicyclic) bond motifs is 1. The van der Waals surface area contributed by atoms with Gasteiger partial charge in [0.25, 0.3) is 0 Å². The molecule has 2 aromatic rings. The second-order valence-corrected chi connectivity index (χ2v) is 4.78. The van der Waals surface area contributed by atoms with E-state index in [0.717, 1.165) is 31.0 Å². The second-order valence-electron chi connectivity index (χ2n) is 4.78. The van der Waals surface area contributed by atoms with E-state index in [2.05, 4.69) is 27.4 Å². The van der Waals surface area contributed by atoms with E-state index in [0.29, 0.717) is 11.8 Å². The lowest BCUT2D eigenvalue weighted by Crippen LogP contribution is -2.35. The van der Waals surface area contributed by atoms with E-state index < -0.39 is 0 Å². The van der Waals surface area contributed by atoms with Gasteiger partial charge >= 0.3 is 0 Å². The zero-order chi connectivity index (χ0) is 12.5. The molecule has 1 aromatic carbocycles. The fourth-order valence-corrected chi connectivity index (χ4v) is 2.52. The van der Waals surface area contributed by atoms with Crippen LogP contribution in [0.3, 0.4) is 0 Å². The molecule has 0 bridgehead atoms. The van der Waals surface area contributed by atoms with Crippen LogP contribution in [0.5, 0.6) is 5.75 Å². The van der Waals surface area contributed by atoms with Crippen molar-refractivity contribution in [2.45, 2.75) is 26.1 Å². The maximum atomic E-state index is 9.55. The van der Waals surface area contributed by atoms with Gasteiger partial charge in [-0.25, -0.2) is 4.98 Å². The normalized spacial score (nSPS) is 17.4. The molecule has 3 rings (SSSR count). The molecule has 18 heavy (non-hydrogen) atoms. The largest absolute Gasteiger partial charge is 0.508 e. The number of imidazole rings is 1. The molecule has 2 heterocycles. The van der Waals surface area contributed by atoms with Crippen molar-refractivity contribution in [3.63, 3.8) is 0 Å². The first-order chi connectivity index (χ1) is 8.74. The van der Waals surface area contributed by atoms with Crippen LogP contribution in [0.15, 0.2) is 36.7 Å². The average molecular weight is 243 g/mol. The predicted octanol–water partition coefficient (Wildman–Crippen LogP) is 2.17. The molecular formula is C14H17N3O. The number of phenolic OH excluding ortho intramolecular Hbond substituents is 1. The van der Waals surface area contributed by atoms with Crippen molar-refractivity contribution in [2.75, 3.05) is 6.54 Å². The molecule has 0 fully saturated rings. The van der Waals surface area contributed by atoms with Gasteiger partial charge in [0.05, 0.1) is 6.54 Å². The van der Waals surface area contributed by atoms with Gasteiger partial charge in [0.2, 0.25) is 0 Å². The Kier molecular flexibility index (Phi) is 2.80. The number of phenols is 1. The summed E-state index contributed by atoms with van der Waals surface area (Å²) < 4.78 is 2.20. The SMILES string of the molecule is CC(c1cccc(O)c1)N1CCn2ccnc2C1. The summed E-state index contributed by atoms with van der Waals surface area (Å²) in [6.07, 6.45) is 3.89. The molecule has 1 aromatic heterocycles. The maximum Gasteiger partial charge on any atom is 0.122 e. The van der Waals surface area contributed by atoms with E-state index >= 15 is 0 Å². The minimum Gasteiger partial charge on any atom is -0.508 e. The quantitative estimate of drug-likeness (QED) is 0.878. The molecule has 4 nitrogen and oxygen atoms in total. The van der Waals surface area contributed by atoms with Crippen molar-refractivity contribution in [1.29, 1.82) is 0 Å². The van der Waals surface area contributed by atoms with Gasteiger partial charge in [0.1, 0.15) is 11.6 Å². The van der Waals surface area contributed by atoms with Crippen LogP contribution in [0.1, 0.15) is 24.4 Å². The maximum absolute atomic E-state index is 9.55. The van der Waals surface area contributed by atoms with E-state index in [1.165, 1.54) is 0 Å². The van der Waals surface area contributed by atoms with E-state index in [4.69, 9.17) is 0 Å². The van der Waals surface area contributed by atoms with E-state index in [9.17, 15) is 5.11 Å². The Balaban J connectivity index is 1.80. The number of benzene rings is 1. The van der Waals surface area contributed by atoms with Crippen LogP contribution >= 0.6 is 0 Å². The summed E-state index contributed by atoms with van der Waals surface area (Å²) in [6, 6.07) is 7.80. The summed E-state index contributed by atoms with van der Waals surface area (Å²) >= 11 is 0. The molecule has 4 heteroatoms. The van der Waals surface area contributed by atoms with Crippen molar-refractivity contribution in [3.8, 4) is 5.75 Å². The number of rotatable bonds is 2. The average Bonchev–Trinajstić information content (AvgIpc) is 2.85. The molecular weight excluding hydrogens is 226 g/mol. The Morgan fingerprint density at radius 3 is 3.06 bits per heavy atom. The van der Waals surface area contributed by atoms with Gasteiger partial charge in [-0.05, 0) is 24.6 Å². The van der Waals surface area contributed by atoms with Gasteiger partial charge in [-0.2, -0.15) is 0 Å². The van der Waals surface area contributed by atoms with E-state index in [1.54, 1.807) is 6.07 Å².